The Morgan fingerprint density at radius 1 is 1.00 bits per heavy atom. The maximum Gasteiger partial charge on any atom is 0.305 e. The van der Waals surface area contributed by atoms with Gasteiger partial charge < -0.3 is 19.0 Å². The Kier molecular flexibility index (Phi) is 7.26. The summed E-state index contributed by atoms with van der Waals surface area (Å²) in [6.45, 7) is 3.80. The summed E-state index contributed by atoms with van der Waals surface area (Å²) in [5.74, 6) is 5.44. The summed E-state index contributed by atoms with van der Waals surface area (Å²) in [5.41, 5.74) is 4.55. The van der Waals surface area contributed by atoms with Gasteiger partial charge in [0.25, 0.3) is 0 Å². The zero-order valence-electron chi connectivity index (χ0n) is 20.3. The third-order valence-electron chi connectivity index (χ3n) is 6.49. The summed E-state index contributed by atoms with van der Waals surface area (Å²) >= 11 is -2.53. The zero-order chi connectivity index (χ0) is 25.9. The average molecular weight is 517 g/mol. The number of piperazine rings is 1. The zero-order valence-corrected chi connectivity index (χ0v) is 21.1. The molecule has 0 saturated carbocycles. The van der Waals surface area contributed by atoms with Gasteiger partial charge in [0.1, 0.15) is 11.2 Å². The topological polar surface area (TPSA) is 100 Å². The monoisotopic (exact) mass is 516 g/mol. The van der Waals surface area contributed by atoms with E-state index < -0.39 is 23.3 Å². The molecule has 0 radical (unpaired) electrons. The molecule has 5 rings (SSSR count). The van der Waals surface area contributed by atoms with Crippen molar-refractivity contribution in [1.82, 2.24) is 9.42 Å². The molecule has 1 aliphatic heterocycles. The third-order valence-corrected chi connectivity index (χ3v) is 7.39. The summed E-state index contributed by atoms with van der Waals surface area (Å²) in [5, 5.41) is 12.9. The largest absolute Gasteiger partial charge is 0.759 e. The Balaban J connectivity index is 1.24. The number of hydrazine groups is 1. The second-order valence-corrected chi connectivity index (χ2v) is 9.82. The highest BCUT2D eigenvalue weighted by Gasteiger charge is 2.28. The molecule has 37 heavy (non-hydrogen) atoms. The standard InChI is InChI=1S/C28H27N3O5S/c1-20(18-28(32)33)31(37(34)35)30-16-14-29(15-17-30)23-11-8-21(9-12-23)6-7-22-10-13-27-25(19-22)24-4-2-3-5-26(24)36-27/h2-5,8-13,19-20H,14-18H2,1H3,(H,32,33)(H,34,35)/p-1. The molecule has 190 valence electrons. The van der Waals surface area contributed by atoms with E-state index in [2.05, 4.69) is 22.8 Å². The Hall–Kier alpha value is -3.68. The fourth-order valence-electron chi connectivity index (χ4n) is 4.71. The van der Waals surface area contributed by atoms with E-state index in [0.717, 1.165) is 43.2 Å². The lowest BCUT2D eigenvalue weighted by molar-refractivity contribution is -0.139. The van der Waals surface area contributed by atoms with Crippen LogP contribution in [0.3, 0.4) is 0 Å². The van der Waals surface area contributed by atoms with Gasteiger partial charge in [0.15, 0.2) is 0 Å². The van der Waals surface area contributed by atoms with Crippen molar-refractivity contribution >= 4 is 44.9 Å². The van der Waals surface area contributed by atoms with E-state index in [1.165, 1.54) is 0 Å². The van der Waals surface area contributed by atoms with Crippen LogP contribution < -0.4 is 4.90 Å². The van der Waals surface area contributed by atoms with Crippen molar-refractivity contribution in [3.05, 3.63) is 77.9 Å². The van der Waals surface area contributed by atoms with Gasteiger partial charge in [-0.1, -0.05) is 30.0 Å². The maximum absolute atomic E-state index is 11.7. The number of aliphatic carboxylic acids is 1. The highest BCUT2D eigenvalue weighted by molar-refractivity contribution is 7.76. The number of hydrogen-bond acceptors (Lipinski definition) is 6. The molecule has 4 aromatic rings. The van der Waals surface area contributed by atoms with Crippen LogP contribution in [-0.2, 0) is 16.1 Å². The van der Waals surface area contributed by atoms with Crippen LogP contribution in [0.2, 0.25) is 0 Å². The minimum Gasteiger partial charge on any atom is -0.759 e. The van der Waals surface area contributed by atoms with Crippen LogP contribution in [0.1, 0.15) is 24.5 Å². The molecular weight excluding hydrogens is 490 g/mol. The minimum absolute atomic E-state index is 0.247. The Morgan fingerprint density at radius 3 is 2.35 bits per heavy atom. The van der Waals surface area contributed by atoms with Crippen molar-refractivity contribution in [1.29, 1.82) is 0 Å². The Bertz CT molecular complexity index is 1510. The number of furan rings is 1. The summed E-state index contributed by atoms with van der Waals surface area (Å²) in [6.07, 6.45) is -0.247. The first-order chi connectivity index (χ1) is 17.9. The highest BCUT2D eigenvalue weighted by atomic mass is 32.2. The van der Waals surface area contributed by atoms with Gasteiger partial charge in [-0.3, -0.25) is 9.00 Å². The van der Waals surface area contributed by atoms with Gasteiger partial charge in [0.05, 0.1) is 6.42 Å². The normalized spacial score (nSPS) is 16.0. The van der Waals surface area contributed by atoms with Crippen LogP contribution in [0.5, 0.6) is 0 Å². The summed E-state index contributed by atoms with van der Waals surface area (Å²) in [4.78, 5) is 13.2. The van der Waals surface area contributed by atoms with E-state index >= 15 is 0 Å². The molecule has 1 aliphatic rings. The number of carbonyl (C=O) groups is 1. The second kappa shape index (κ2) is 10.7. The lowest BCUT2D eigenvalue weighted by Crippen LogP contribution is -2.57. The molecule has 1 saturated heterocycles. The Labute approximate surface area is 217 Å². The number of fused-ring (bicyclic) bond motifs is 3. The number of rotatable bonds is 6. The van der Waals surface area contributed by atoms with E-state index in [-0.39, 0.29) is 6.42 Å². The minimum atomic E-state index is -2.53. The average Bonchev–Trinajstić information content (AvgIpc) is 3.26. The predicted molar refractivity (Wildman–Crippen MR) is 142 cm³/mol. The van der Waals surface area contributed by atoms with E-state index in [4.69, 9.17) is 9.52 Å². The predicted octanol–water partition coefficient (Wildman–Crippen LogP) is 3.98. The van der Waals surface area contributed by atoms with E-state index in [1.807, 2.05) is 60.7 Å². The lowest BCUT2D eigenvalue weighted by Gasteiger charge is -2.44. The first kappa shape index (κ1) is 25.0. The number of carboxylic acid groups (broad SMARTS) is 1. The molecule has 1 fully saturated rings. The van der Waals surface area contributed by atoms with Crippen LogP contribution >= 0.6 is 0 Å². The maximum atomic E-state index is 11.7. The van der Waals surface area contributed by atoms with Gasteiger partial charge in [0, 0.05) is 71.1 Å². The highest BCUT2D eigenvalue weighted by Crippen LogP contribution is 2.29. The summed E-state index contributed by atoms with van der Waals surface area (Å²) in [6, 6.07) is 21.3. The third kappa shape index (κ3) is 5.53. The molecule has 0 amide bonds. The molecule has 0 aliphatic carbocycles. The van der Waals surface area contributed by atoms with Crippen LogP contribution in [0.15, 0.2) is 71.1 Å². The van der Waals surface area contributed by atoms with Crippen LogP contribution in [0.4, 0.5) is 5.69 Å². The van der Waals surface area contributed by atoms with Crippen molar-refractivity contribution in [2.45, 2.75) is 19.4 Å². The number of para-hydroxylation sites is 1. The summed E-state index contributed by atoms with van der Waals surface area (Å²) < 4.78 is 30.5. The number of nitrogens with zero attached hydrogens (tertiary/aromatic N) is 3. The Morgan fingerprint density at radius 2 is 1.65 bits per heavy atom. The molecule has 2 heterocycles. The molecule has 1 N–H and O–H groups in total. The van der Waals surface area contributed by atoms with Crippen molar-refractivity contribution in [3.8, 4) is 11.8 Å². The number of benzene rings is 3. The van der Waals surface area contributed by atoms with Gasteiger partial charge in [-0.2, -0.15) is 4.41 Å². The van der Waals surface area contributed by atoms with Crippen LogP contribution in [-0.4, -0.2) is 61.5 Å². The molecule has 9 heteroatoms. The van der Waals surface area contributed by atoms with Gasteiger partial charge in [0.2, 0.25) is 0 Å². The molecule has 3 aromatic carbocycles. The van der Waals surface area contributed by atoms with Gasteiger partial charge in [-0.25, -0.2) is 5.01 Å². The van der Waals surface area contributed by atoms with Gasteiger partial charge in [-0.15, -0.1) is 0 Å². The number of carboxylic acids is 1. The van der Waals surface area contributed by atoms with Crippen LogP contribution in [0, 0.1) is 11.8 Å². The van der Waals surface area contributed by atoms with E-state index in [9.17, 15) is 13.6 Å². The van der Waals surface area contributed by atoms with E-state index in [0.29, 0.717) is 26.2 Å². The van der Waals surface area contributed by atoms with Crippen LogP contribution in [0.25, 0.3) is 21.9 Å². The lowest BCUT2D eigenvalue weighted by atomic mass is 10.1. The molecule has 0 spiro atoms. The first-order valence-electron chi connectivity index (χ1n) is 12.0. The number of anilines is 1. The first-order valence-corrected chi connectivity index (χ1v) is 13.1. The fraction of sp³-hybridized carbons (Fsp3) is 0.250. The smallest absolute Gasteiger partial charge is 0.305 e. The van der Waals surface area contributed by atoms with Crippen molar-refractivity contribution in [2.75, 3.05) is 31.1 Å². The number of hydrogen-bond donors (Lipinski definition) is 1. The molecular formula is C28H26N3O5S-. The van der Waals surface area contributed by atoms with Crippen molar-refractivity contribution in [2.24, 2.45) is 0 Å². The quantitative estimate of drug-likeness (QED) is 0.306. The van der Waals surface area contributed by atoms with Gasteiger partial charge >= 0.3 is 5.97 Å². The van der Waals surface area contributed by atoms with Crippen molar-refractivity contribution in [3.63, 3.8) is 0 Å². The van der Waals surface area contributed by atoms with Crippen molar-refractivity contribution < 1.29 is 23.1 Å². The molecule has 8 nitrogen and oxygen atoms in total. The van der Waals surface area contributed by atoms with E-state index in [1.54, 1.807) is 11.9 Å². The molecule has 2 atom stereocenters. The molecule has 1 aromatic heterocycles. The molecule has 0 bridgehead atoms. The second-order valence-electron chi connectivity index (χ2n) is 9.01. The fourth-order valence-corrected chi connectivity index (χ4v) is 5.43. The summed E-state index contributed by atoms with van der Waals surface area (Å²) in [7, 11) is 0. The van der Waals surface area contributed by atoms with Gasteiger partial charge in [-0.05, 0) is 55.5 Å². The SMILES string of the molecule is CC(CC(=O)O)N(N1CCN(c2ccc(C#Cc3ccc4oc5ccccc5c4c3)cc2)CC1)S(=O)[O-]. The molecule has 2 unspecified atom stereocenters.